The van der Waals surface area contributed by atoms with Crippen LogP contribution in [0.5, 0.6) is 0 Å². The Bertz CT molecular complexity index is 450. The molecule has 156 valence electrons. The number of nitrogens with zero attached hydrogens (tertiary/aromatic N) is 2. The van der Waals surface area contributed by atoms with E-state index in [1.54, 1.807) is 0 Å². The van der Waals surface area contributed by atoms with Crippen molar-refractivity contribution in [2.45, 2.75) is 90.4 Å². The fourth-order valence-electron chi connectivity index (χ4n) is 2.69. The van der Waals surface area contributed by atoms with Crippen LogP contribution in [0, 0.1) is 10.1 Å². The van der Waals surface area contributed by atoms with E-state index >= 15 is 0 Å². The van der Waals surface area contributed by atoms with Crippen molar-refractivity contribution in [1.29, 1.82) is 0 Å². The molecule has 0 aromatic rings. The second-order valence-electron chi connectivity index (χ2n) is 6.75. The molecule has 27 heavy (non-hydrogen) atoms. The lowest BCUT2D eigenvalue weighted by Gasteiger charge is -2.04. The molecule has 0 bridgehead atoms. The predicted molar refractivity (Wildman–Crippen MR) is 107 cm³/mol. The number of oxime groups is 1. The predicted octanol–water partition coefficient (Wildman–Crippen LogP) is 5.28. The molecule has 0 heterocycles. The number of nitro groups is 1. The van der Waals surface area contributed by atoms with Gasteiger partial charge in [0.25, 0.3) is 0 Å². The van der Waals surface area contributed by atoms with Crippen LogP contribution in [0.1, 0.15) is 90.4 Å². The molecule has 1 N–H and O–H groups in total. The van der Waals surface area contributed by atoms with Crippen molar-refractivity contribution in [2.24, 2.45) is 5.16 Å². The van der Waals surface area contributed by atoms with Gasteiger partial charge in [-0.05, 0) is 25.7 Å². The van der Waals surface area contributed by atoms with Crippen molar-refractivity contribution in [3.63, 3.8) is 0 Å². The van der Waals surface area contributed by atoms with Gasteiger partial charge >= 0.3 is 5.97 Å². The first-order chi connectivity index (χ1) is 13.1. The van der Waals surface area contributed by atoms with Gasteiger partial charge in [-0.1, -0.05) is 69.2 Å². The molecule has 0 aliphatic heterocycles. The third kappa shape index (κ3) is 17.3. The summed E-state index contributed by atoms with van der Waals surface area (Å²) in [4.78, 5) is 21.7. The summed E-state index contributed by atoms with van der Waals surface area (Å²) in [6.45, 7) is 2.42. The molecule has 0 atom stereocenters. The molecule has 0 spiro atoms. The normalized spacial score (nSPS) is 11.8. The Morgan fingerprint density at radius 3 is 2.30 bits per heavy atom. The Kier molecular flexibility index (Phi) is 17.5. The quantitative estimate of drug-likeness (QED) is 0.0658. The Morgan fingerprint density at radius 2 is 1.63 bits per heavy atom. The van der Waals surface area contributed by atoms with Crippen LogP contribution < -0.4 is 0 Å². The van der Waals surface area contributed by atoms with E-state index in [2.05, 4.69) is 12.1 Å². The van der Waals surface area contributed by atoms with Gasteiger partial charge < -0.3 is 9.94 Å². The average molecular weight is 385 g/mol. The minimum Gasteiger partial charge on any atom is -0.457 e. The number of rotatable bonds is 18. The monoisotopic (exact) mass is 384 g/mol. The third-order valence-electron chi connectivity index (χ3n) is 4.31. The molecular formula is C20H36N2O5. The van der Waals surface area contributed by atoms with Crippen molar-refractivity contribution < 1.29 is 19.7 Å². The fraction of sp³-hybridized carbons (Fsp3) is 0.800. The number of hydrogen-bond donors (Lipinski definition) is 1. The molecule has 0 radical (unpaired) electrons. The van der Waals surface area contributed by atoms with E-state index in [1.165, 1.54) is 25.7 Å². The Hall–Kier alpha value is -1.92. The number of carbonyl (C=O) groups excluding carboxylic acids is 1. The van der Waals surface area contributed by atoms with Gasteiger partial charge in [-0.2, -0.15) is 0 Å². The van der Waals surface area contributed by atoms with Gasteiger partial charge in [-0.25, -0.2) is 4.79 Å². The lowest BCUT2D eigenvalue weighted by molar-refractivity contribution is -0.480. The standard InChI is InChI=1S/C20H36N2O5/c1-2-3-4-5-6-9-12-15-18-27-20(23)19(21-24)16-13-10-7-8-11-14-17-22(25)26/h12,15,24H,2-11,13-14,16-18H2,1H3. The first kappa shape index (κ1) is 25.1. The first-order valence-electron chi connectivity index (χ1n) is 10.3. The molecule has 0 saturated heterocycles. The van der Waals surface area contributed by atoms with Crippen LogP contribution in [0.4, 0.5) is 0 Å². The molecule has 7 nitrogen and oxygen atoms in total. The number of carbonyl (C=O) groups is 1. The number of allylic oxidation sites excluding steroid dienone is 1. The third-order valence-corrected chi connectivity index (χ3v) is 4.31. The zero-order chi connectivity index (χ0) is 20.2. The largest absolute Gasteiger partial charge is 0.457 e. The number of hydrogen-bond acceptors (Lipinski definition) is 6. The van der Waals surface area contributed by atoms with Gasteiger partial charge in [0.05, 0.1) is 0 Å². The molecule has 0 aliphatic carbocycles. The maximum atomic E-state index is 11.8. The van der Waals surface area contributed by atoms with Gasteiger partial charge in [0.2, 0.25) is 6.54 Å². The Balaban J connectivity index is 3.67. The maximum absolute atomic E-state index is 11.8. The second-order valence-corrected chi connectivity index (χ2v) is 6.75. The van der Waals surface area contributed by atoms with E-state index in [9.17, 15) is 14.9 Å². The van der Waals surface area contributed by atoms with Crippen LogP contribution in [0.25, 0.3) is 0 Å². The van der Waals surface area contributed by atoms with Crippen LogP contribution in [0.3, 0.4) is 0 Å². The molecule has 0 amide bonds. The Morgan fingerprint density at radius 1 is 1.00 bits per heavy atom. The summed E-state index contributed by atoms with van der Waals surface area (Å²) in [5, 5.41) is 22.2. The van der Waals surface area contributed by atoms with E-state index in [0.717, 1.165) is 44.9 Å². The van der Waals surface area contributed by atoms with E-state index in [1.807, 2.05) is 12.2 Å². The van der Waals surface area contributed by atoms with Gasteiger partial charge in [0.1, 0.15) is 6.61 Å². The van der Waals surface area contributed by atoms with Crippen molar-refractivity contribution in [3.8, 4) is 0 Å². The summed E-state index contributed by atoms with van der Waals surface area (Å²) in [7, 11) is 0. The van der Waals surface area contributed by atoms with Crippen LogP contribution in [-0.4, -0.2) is 35.0 Å². The highest BCUT2D eigenvalue weighted by Crippen LogP contribution is 2.09. The van der Waals surface area contributed by atoms with Crippen molar-refractivity contribution in [2.75, 3.05) is 13.2 Å². The summed E-state index contributed by atoms with van der Waals surface area (Å²) in [6, 6.07) is 0. The molecule has 0 aromatic heterocycles. The number of esters is 1. The first-order valence-corrected chi connectivity index (χ1v) is 10.3. The lowest BCUT2D eigenvalue weighted by Crippen LogP contribution is -2.17. The van der Waals surface area contributed by atoms with Crippen LogP contribution >= 0.6 is 0 Å². The van der Waals surface area contributed by atoms with Crippen molar-refractivity contribution >= 4 is 11.7 Å². The van der Waals surface area contributed by atoms with Gasteiger partial charge in [-0.3, -0.25) is 10.1 Å². The van der Waals surface area contributed by atoms with Gasteiger partial charge in [-0.15, -0.1) is 0 Å². The van der Waals surface area contributed by atoms with Crippen molar-refractivity contribution in [3.05, 3.63) is 22.3 Å². The fourth-order valence-corrected chi connectivity index (χ4v) is 2.69. The molecule has 0 aromatic carbocycles. The summed E-state index contributed by atoms with van der Waals surface area (Å²) >= 11 is 0. The van der Waals surface area contributed by atoms with Crippen LogP contribution in [-0.2, 0) is 9.53 Å². The molecule has 0 aliphatic rings. The smallest absolute Gasteiger partial charge is 0.356 e. The summed E-state index contributed by atoms with van der Waals surface area (Å²) in [6.07, 6.45) is 16.4. The van der Waals surface area contributed by atoms with Gasteiger partial charge in [0, 0.05) is 17.8 Å². The van der Waals surface area contributed by atoms with Crippen LogP contribution in [0.2, 0.25) is 0 Å². The van der Waals surface area contributed by atoms with E-state index in [0.29, 0.717) is 12.8 Å². The molecule has 0 fully saturated rings. The zero-order valence-electron chi connectivity index (χ0n) is 16.7. The number of ether oxygens (including phenoxy) is 1. The van der Waals surface area contributed by atoms with E-state index in [-0.39, 0.29) is 23.8 Å². The summed E-state index contributed by atoms with van der Waals surface area (Å²) < 4.78 is 5.09. The zero-order valence-corrected chi connectivity index (χ0v) is 16.7. The minimum atomic E-state index is -0.573. The second kappa shape index (κ2) is 18.9. The Labute approximate surface area is 163 Å². The van der Waals surface area contributed by atoms with E-state index in [4.69, 9.17) is 9.94 Å². The van der Waals surface area contributed by atoms with Crippen LogP contribution in [0.15, 0.2) is 17.3 Å². The molecular weight excluding hydrogens is 348 g/mol. The molecule has 0 rings (SSSR count). The van der Waals surface area contributed by atoms with Crippen molar-refractivity contribution in [1.82, 2.24) is 0 Å². The summed E-state index contributed by atoms with van der Waals surface area (Å²) in [5.41, 5.74) is 0.0521. The topological polar surface area (TPSA) is 102 Å². The minimum absolute atomic E-state index is 0.0282. The van der Waals surface area contributed by atoms with Gasteiger partial charge in [0.15, 0.2) is 5.71 Å². The summed E-state index contributed by atoms with van der Waals surface area (Å²) in [5.74, 6) is -0.573. The number of unbranched alkanes of at least 4 members (excludes halogenated alkanes) is 10. The highest BCUT2D eigenvalue weighted by molar-refractivity contribution is 6.36. The maximum Gasteiger partial charge on any atom is 0.356 e. The highest BCUT2D eigenvalue weighted by Gasteiger charge is 2.12. The highest BCUT2D eigenvalue weighted by atomic mass is 16.6. The SMILES string of the molecule is CCCCCCCC=CCOC(=O)C(CCCCCCCC[N+](=O)[O-])=NO. The lowest BCUT2D eigenvalue weighted by atomic mass is 10.1. The molecule has 7 heteroatoms. The molecule has 0 saturated carbocycles. The van der Waals surface area contributed by atoms with E-state index < -0.39 is 5.97 Å². The average Bonchev–Trinajstić information content (AvgIpc) is 2.65. The molecule has 0 unspecified atom stereocenters.